The van der Waals surface area contributed by atoms with E-state index < -0.39 is 0 Å². The Labute approximate surface area is 108 Å². The van der Waals surface area contributed by atoms with Gasteiger partial charge in [-0.25, -0.2) is 0 Å². The number of nitrogen functional groups attached to an aromatic ring is 1. The smallest absolute Gasteiger partial charge is 0.301 e. The molecule has 0 aliphatic rings. The number of H-pyrrole nitrogens is 1. The molecule has 2 heterocycles. The van der Waals surface area contributed by atoms with Crippen molar-refractivity contribution in [2.45, 2.75) is 6.92 Å². The number of benzene rings is 1. The fraction of sp³-hybridized carbons (Fsp3) is 0.0769. The van der Waals surface area contributed by atoms with Crippen molar-refractivity contribution in [1.82, 2.24) is 9.97 Å². The van der Waals surface area contributed by atoms with Crippen molar-refractivity contribution in [3.63, 3.8) is 0 Å². The van der Waals surface area contributed by atoms with E-state index in [2.05, 4.69) is 15.3 Å². The second-order valence-electron chi connectivity index (χ2n) is 4.28. The second-order valence-corrected chi connectivity index (χ2v) is 4.28. The summed E-state index contributed by atoms with van der Waals surface area (Å²) in [4.78, 5) is 19.0. The highest BCUT2D eigenvalue weighted by Gasteiger charge is 2.12. The third-order valence-corrected chi connectivity index (χ3v) is 2.73. The lowest BCUT2D eigenvalue weighted by Gasteiger charge is -1.96. The van der Waals surface area contributed by atoms with E-state index in [1.165, 1.54) is 6.26 Å². The van der Waals surface area contributed by atoms with Gasteiger partial charge in [0.25, 0.3) is 5.91 Å². The average Bonchev–Trinajstić information content (AvgIpc) is 2.95. The zero-order valence-corrected chi connectivity index (χ0v) is 10.2. The number of anilines is 2. The number of hydrogen-bond acceptors (Lipinski definition) is 4. The zero-order valence-electron chi connectivity index (χ0n) is 10.2. The van der Waals surface area contributed by atoms with E-state index in [4.69, 9.17) is 10.2 Å². The van der Waals surface area contributed by atoms with Crippen LogP contribution in [0.25, 0.3) is 10.9 Å². The van der Waals surface area contributed by atoms with Gasteiger partial charge in [0.05, 0.1) is 5.69 Å². The van der Waals surface area contributed by atoms with Crippen molar-refractivity contribution in [2.24, 2.45) is 0 Å². The zero-order chi connectivity index (χ0) is 13.4. The summed E-state index contributed by atoms with van der Waals surface area (Å²) in [5.41, 5.74) is 8.34. The van der Waals surface area contributed by atoms with Gasteiger partial charge in [0.1, 0.15) is 12.0 Å². The first-order valence-corrected chi connectivity index (χ1v) is 5.73. The van der Waals surface area contributed by atoms with Crippen LogP contribution in [0.5, 0.6) is 0 Å². The van der Waals surface area contributed by atoms with Gasteiger partial charge >= 0.3 is 6.01 Å². The number of aromatic amines is 1. The predicted molar refractivity (Wildman–Crippen MR) is 71.9 cm³/mol. The van der Waals surface area contributed by atoms with Gasteiger partial charge in [-0.3, -0.25) is 10.1 Å². The summed E-state index contributed by atoms with van der Waals surface area (Å²) < 4.78 is 5.07. The monoisotopic (exact) mass is 256 g/mol. The molecule has 0 saturated heterocycles. The standard InChI is InChI=1S/C13H12N4O2/c1-7-6-19-13(15-7)17-12(18)11-5-8-4-9(14)2-3-10(8)16-11/h2-6,16H,14H2,1H3,(H,15,17,18). The normalized spacial score (nSPS) is 10.8. The van der Waals surface area contributed by atoms with E-state index in [1.807, 2.05) is 6.07 Å². The molecule has 0 aliphatic heterocycles. The number of aromatic nitrogens is 2. The molecule has 1 aromatic carbocycles. The fourth-order valence-corrected chi connectivity index (χ4v) is 1.85. The summed E-state index contributed by atoms with van der Waals surface area (Å²) in [7, 11) is 0. The van der Waals surface area contributed by atoms with Crippen molar-refractivity contribution in [3.05, 3.63) is 41.9 Å². The Morgan fingerprint density at radius 1 is 1.42 bits per heavy atom. The molecule has 19 heavy (non-hydrogen) atoms. The maximum atomic E-state index is 12.0. The van der Waals surface area contributed by atoms with Crippen LogP contribution in [0.15, 0.2) is 34.9 Å². The van der Waals surface area contributed by atoms with Gasteiger partial charge in [-0.15, -0.1) is 0 Å². The lowest BCUT2D eigenvalue weighted by atomic mass is 10.2. The highest BCUT2D eigenvalue weighted by atomic mass is 16.4. The van der Waals surface area contributed by atoms with Crippen molar-refractivity contribution in [3.8, 4) is 0 Å². The molecule has 4 N–H and O–H groups in total. The second kappa shape index (κ2) is 4.16. The number of nitrogens with zero attached hydrogens (tertiary/aromatic N) is 1. The largest absolute Gasteiger partial charge is 0.432 e. The minimum Gasteiger partial charge on any atom is -0.432 e. The van der Waals surface area contributed by atoms with Crippen LogP contribution < -0.4 is 11.1 Å². The number of carbonyl (C=O) groups is 1. The van der Waals surface area contributed by atoms with Crippen LogP contribution in [0, 0.1) is 6.92 Å². The Balaban J connectivity index is 1.89. The highest BCUT2D eigenvalue weighted by Crippen LogP contribution is 2.19. The number of nitrogens with two attached hydrogens (primary N) is 1. The Morgan fingerprint density at radius 2 is 2.26 bits per heavy atom. The molecule has 1 amide bonds. The van der Waals surface area contributed by atoms with E-state index >= 15 is 0 Å². The summed E-state index contributed by atoms with van der Waals surface area (Å²) in [6.07, 6.45) is 1.47. The molecule has 0 fully saturated rings. The molecule has 0 saturated carbocycles. The number of fused-ring (bicyclic) bond motifs is 1. The van der Waals surface area contributed by atoms with Gasteiger partial charge in [-0.2, -0.15) is 4.98 Å². The molecule has 0 unspecified atom stereocenters. The van der Waals surface area contributed by atoms with E-state index in [1.54, 1.807) is 25.1 Å². The van der Waals surface area contributed by atoms with Crippen LogP contribution in [-0.4, -0.2) is 15.9 Å². The van der Waals surface area contributed by atoms with E-state index in [9.17, 15) is 4.79 Å². The van der Waals surface area contributed by atoms with Gasteiger partial charge in [-0.1, -0.05) is 0 Å². The van der Waals surface area contributed by atoms with E-state index in [0.717, 1.165) is 10.9 Å². The molecule has 0 spiro atoms. The molecule has 6 nitrogen and oxygen atoms in total. The Hall–Kier alpha value is -2.76. The van der Waals surface area contributed by atoms with Crippen LogP contribution in [0.3, 0.4) is 0 Å². The first-order valence-electron chi connectivity index (χ1n) is 5.73. The van der Waals surface area contributed by atoms with Crippen molar-refractivity contribution in [1.29, 1.82) is 0 Å². The van der Waals surface area contributed by atoms with E-state index in [-0.39, 0.29) is 11.9 Å². The maximum Gasteiger partial charge on any atom is 0.301 e. The molecule has 0 bridgehead atoms. The minimum absolute atomic E-state index is 0.181. The van der Waals surface area contributed by atoms with Gasteiger partial charge in [0.15, 0.2) is 0 Å². The molecular weight excluding hydrogens is 244 g/mol. The number of hydrogen-bond donors (Lipinski definition) is 3. The van der Waals surface area contributed by atoms with Gasteiger partial charge < -0.3 is 15.1 Å². The lowest BCUT2D eigenvalue weighted by Crippen LogP contribution is -2.12. The summed E-state index contributed by atoms with van der Waals surface area (Å²) >= 11 is 0. The van der Waals surface area contributed by atoms with Gasteiger partial charge in [-0.05, 0) is 31.2 Å². The molecule has 6 heteroatoms. The SMILES string of the molecule is Cc1coc(NC(=O)c2cc3cc(N)ccc3[nH]2)n1. The summed E-state index contributed by atoms with van der Waals surface area (Å²) in [6.45, 7) is 1.78. The third-order valence-electron chi connectivity index (χ3n) is 2.73. The highest BCUT2D eigenvalue weighted by molar-refractivity contribution is 6.05. The number of oxazole rings is 1. The predicted octanol–water partition coefficient (Wildman–Crippen LogP) is 2.30. The van der Waals surface area contributed by atoms with Crippen molar-refractivity contribution in [2.75, 3.05) is 11.1 Å². The first kappa shape index (κ1) is 11.3. The summed E-state index contributed by atoms with van der Waals surface area (Å²) in [6, 6.07) is 7.32. The maximum absolute atomic E-state index is 12.0. The topological polar surface area (TPSA) is 96.9 Å². The number of amides is 1. The Kier molecular flexibility index (Phi) is 2.49. The number of aryl methyl sites for hydroxylation is 1. The van der Waals surface area contributed by atoms with Crippen LogP contribution >= 0.6 is 0 Å². The Morgan fingerprint density at radius 3 is 3.00 bits per heavy atom. The van der Waals surface area contributed by atoms with Gasteiger partial charge in [0, 0.05) is 16.6 Å². The molecule has 0 aliphatic carbocycles. The average molecular weight is 256 g/mol. The number of nitrogens with one attached hydrogen (secondary N) is 2. The molecule has 3 aromatic rings. The first-order chi connectivity index (χ1) is 9.11. The Bertz CT molecular complexity index is 757. The van der Waals surface area contributed by atoms with Crippen molar-refractivity contribution >= 4 is 28.5 Å². The lowest BCUT2D eigenvalue weighted by molar-refractivity contribution is 0.102. The quantitative estimate of drug-likeness (QED) is 0.613. The van der Waals surface area contributed by atoms with Crippen LogP contribution in [0.4, 0.5) is 11.7 Å². The van der Waals surface area contributed by atoms with Gasteiger partial charge in [0.2, 0.25) is 0 Å². The minimum atomic E-state index is -0.309. The molecule has 0 radical (unpaired) electrons. The third kappa shape index (κ3) is 2.15. The van der Waals surface area contributed by atoms with Crippen LogP contribution in [0.1, 0.15) is 16.2 Å². The van der Waals surface area contributed by atoms with Crippen LogP contribution in [0.2, 0.25) is 0 Å². The molecule has 96 valence electrons. The molecule has 0 atom stereocenters. The summed E-state index contributed by atoms with van der Waals surface area (Å²) in [5, 5.41) is 3.46. The molecular formula is C13H12N4O2. The van der Waals surface area contributed by atoms with Crippen molar-refractivity contribution < 1.29 is 9.21 Å². The molecule has 3 rings (SSSR count). The molecule has 2 aromatic heterocycles. The van der Waals surface area contributed by atoms with E-state index in [0.29, 0.717) is 17.1 Å². The number of carbonyl (C=O) groups excluding carboxylic acids is 1. The fourth-order valence-electron chi connectivity index (χ4n) is 1.85. The number of rotatable bonds is 2. The summed E-state index contributed by atoms with van der Waals surface area (Å²) in [5.74, 6) is -0.309. The van der Waals surface area contributed by atoms with Crippen LogP contribution in [-0.2, 0) is 0 Å².